The molecule has 0 atom stereocenters. The zero-order chi connectivity index (χ0) is 12.6. The van der Waals surface area contributed by atoms with E-state index in [4.69, 9.17) is 16.7 Å². The molecule has 0 aromatic heterocycles. The number of hydrogen-bond acceptors (Lipinski definition) is 3. The summed E-state index contributed by atoms with van der Waals surface area (Å²) in [6.07, 6.45) is 0.929. The van der Waals surface area contributed by atoms with E-state index in [2.05, 4.69) is 0 Å². The molecule has 1 rings (SSSR count). The Hall–Kier alpha value is -0.720. The van der Waals surface area contributed by atoms with E-state index in [1.807, 2.05) is 0 Å². The average molecular weight is 271 g/mol. The zero-order valence-corrected chi connectivity index (χ0v) is 9.82. The quantitative estimate of drug-likeness (QED) is 0.912. The third kappa shape index (κ3) is 2.69. The molecule has 3 nitrogen and oxygen atoms in total. The van der Waals surface area contributed by atoms with Crippen LogP contribution in [0.15, 0.2) is 23.1 Å². The van der Waals surface area contributed by atoms with Crippen molar-refractivity contribution >= 4 is 21.4 Å². The number of aliphatic hydroxyl groups is 1. The van der Waals surface area contributed by atoms with Gasteiger partial charge in [0.15, 0.2) is 9.84 Å². The van der Waals surface area contributed by atoms with Crippen molar-refractivity contribution in [3.05, 3.63) is 28.8 Å². The van der Waals surface area contributed by atoms with Crippen LogP contribution >= 0.6 is 11.6 Å². The fraction of sp³-hybridized carbons (Fsp3) is 0.333. The van der Waals surface area contributed by atoms with Crippen molar-refractivity contribution in [1.82, 2.24) is 0 Å². The highest BCUT2D eigenvalue weighted by molar-refractivity contribution is 7.90. The van der Waals surface area contributed by atoms with Crippen LogP contribution in [0.2, 0.25) is 5.02 Å². The van der Waals surface area contributed by atoms with Gasteiger partial charge in [0.25, 0.3) is 5.92 Å². The predicted molar refractivity (Wildman–Crippen MR) is 55.5 cm³/mol. The molecule has 7 heteroatoms. The maximum atomic E-state index is 13.0. The second-order valence-corrected chi connectivity index (χ2v) is 5.67. The first kappa shape index (κ1) is 13.3. The molecule has 0 spiro atoms. The van der Waals surface area contributed by atoms with E-state index in [0.29, 0.717) is 0 Å². The lowest BCUT2D eigenvalue weighted by atomic mass is 10.1. The molecule has 16 heavy (non-hydrogen) atoms. The predicted octanol–water partition coefficient (Wildman–Crippen LogP) is 1.83. The van der Waals surface area contributed by atoms with Crippen LogP contribution in [0.25, 0.3) is 0 Å². The Balaban J connectivity index is 3.30. The Morgan fingerprint density at radius 1 is 1.44 bits per heavy atom. The lowest BCUT2D eigenvalue weighted by Gasteiger charge is -2.14. The smallest absolute Gasteiger partial charge is 0.295 e. The highest BCUT2D eigenvalue weighted by atomic mass is 35.5. The molecule has 0 aliphatic heterocycles. The Morgan fingerprint density at radius 2 is 2.00 bits per heavy atom. The SMILES string of the molecule is CS(=O)(=O)c1ccc(C(F)(F)CO)cc1Cl. The molecule has 0 bridgehead atoms. The van der Waals surface area contributed by atoms with E-state index < -0.39 is 27.9 Å². The van der Waals surface area contributed by atoms with Gasteiger partial charge in [-0.2, -0.15) is 8.78 Å². The van der Waals surface area contributed by atoms with Crippen LogP contribution in [0.1, 0.15) is 5.56 Å². The monoisotopic (exact) mass is 270 g/mol. The summed E-state index contributed by atoms with van der Waals surface area (Å²) in [7, 11) is -3.54. The van der Waals surface area contributed by atoms with E-state index in [-0.39, 0.29) is 9.92 Å². The minimum absolute atomic E-state index is 0.216. The molecule has 1 N–H and O–H groups in total. The van der Waals surface area contributed by atoms with Crippen molar-refractivity contribution < 1.29 is 22.3 Å². The van der Waals surface area contributed by atoms with E-state index in [9.17, 15) is 17.2 Å². The van der Waals surface area contributed by atoms with Crippen LogP contribution in [-0.4, -0.2) is 26.4 Å². The Labute approximate surface area is 96.6 Å². The van der Waals surface area contributed by atoms with Crippen molar-refractivity contribution in [1.29, 1.82) is 0 Å². The number of rotatable bonds is 3. The second-order valence-electron chi connectivity index (χ2n) is 3.28. The number of halogens is 3. The highest BCUT2D eigenvalue weighted by Crippen LogP contribution is 2.31. The average Bonchev–Trinajstić information content (AvgIpc) is 2.15. The molecule has 0 heterocycles. The molecule has 0 fully saturated rings. The van der Waals surface area contributed by atoms with Crippen LogP contribution in [0.3, 0.4) is 0 Å². The molecule has 1 aromatic carbocycles. The summed E-state index contributed by atoms with van der Waals surface area (Å²) in [6, 6.07) is 2.77. The Kier molecular flexibility index (Phi) is 3.56. The maximum Gasteiger partial charge on any atom is 0.295 e. The number of hydrogen-bond donors (Lipinski definition) is 1. The summed E-state index contributed by atoms with van der Waals surface area (Å²) < 4.78 is 48.4. The van der Waals surface area contributed by atoms with Crippen LogP contribution in [-0.2, 0) is 15.8 Å². The van der Waals surface area contributed by atoms with Crippen LogP contribution in [0.4, 0.5) is 8.78 Å². The summed E-state index contributed by atoms with van der Waals surface area (Å²) in [6.45, 7) is -1.36. The number of alkyl halides is 2. The third-order valence-corrected chi connectivity index (χ3v) is 3.53. The summed E-state index contributed by atoms with van der Waals surface area (Å²) in [4.78, 5) is -0.216. The number of sulfone groups is 1. The van der Waals surface area contributed by atoms with Gasteiger partial charge < -0.3 is 5.11 Å². The molecular weight excluding hydrogens is 262 g/mol. The van der Waals surface area contributed by atoms with E-state index in [1.54, 1.807) is 0 Å². The summed E-state index contributed by atoms with van der Waals surface area (Å²) >= 11 is 5.58. The minimum Gasteiger partial charge on any atom is -0.390 e. The molecule has 0 amide bonds. The molecule has 90 valence electrons. The maximum absolute atomic E-state index is 13.0. The van der Waals surface area contributed by atoms with Gasteiger partial charge in [-0.05, 0) is 12.1 Å². The van der Waals surface area contributed by atoms with Crippen molar-refractivity contribution in [3.63, 3.8) is 0 Å². The molecule has 0 aliphatic carbocycles. The minimum atomic E-state index is -3.54. The summed E-state index contributed by atoms with van der Waals surface area (Å²) in [5.74, 6) is -3.43. The molecule has 0 saturated carbocycles. The van der Waals surface area contributed by atoms with Gasteiger partial charge in [-0.1, -0.05) is 17.7 Å². The largest absolute Gasteiger partial charge is 0.390 e. The van der Waals surface area contributed by atoms with Crippen LogP contribution in [0, 0.1) is 0 Å². The first-order chi connectivity index (χ1) is 7.18. The normalized spacial score (nSPS) is 12.8. The Morgan fingerprint density at radius 3 is 2.38 bits per heavy atom. The lowest BCUT2D eigenvalue weighted by molar-refractivity contribution is -0.0556. The molecule has 0 saturated heterocycles. The summed E-state index contributed by atoms with van der Waals surface area (Å²) in [5.41, 5.74) is -0.521. The molecule has 0 radical (unpaired) electrons. The summed E-state index contributed by atoms with van der Waals surface area (Å²) in [5, 5.41) is 8.17. The van der Waals surface area contributed by atoms with Crippen molar-refractivity contribution in [2.45, 2.75) is 10.8 Å². The fourth-order valence-electron chi connectivity index (χ4n) is 1.12. The second kappa shape index (κ2) is 4.27. The molecule has 0 unspecified atom stereocenters. The first-order valence-electron chi connectivity index (χ1n) is 4.17. The molecule has 1 aromatic rings. The third-order valence-electron chi connectivity index (χ3n) is 1.95. The van der Waals surface area contributed by atoms with Gasteiger partial charge in [0.2, 0.25) is 0 Å². The van der Waals surface area contributed by atoms with Crippen molar-refractivity contribution in [3.8, 4) is 0 Å². The van der Waals surface area contributed by atoms with E-state index >= 15 is 0 Å². The fourth-order valence-corrected chi connectivity index (χ4v) is 2.45. The van der Waals surface area contributed by atoms with Gasteiger partial charge in [0.05, 0.1) is 9.92 Å². The van der Waals surface area contributed by atoms with E-state index in [1.165, 1.54) is 0 Å². The van der Waals surface area contributed by atoms with Gasteiger partial charge in [-0.3, -0.25) is 0 Å². The lowest BCUT2D eigenvalue weighted by Crippen LogP contribution is -2.18. The molecule has 0 aliphatic rings. The van der Waals surface area contributed by atoms with Gasteiger partial charge in [0, 0.05) is 11.8 Å². The zero-order valence-electron chi connectivity index (χ0n) is 8.25. The molecular formula is C9H9ClF2O3S. The van der Waals surface area contributed by atoms with Gasteiger partial charge in [-0.25, -0.2) is 8.42 Å². The number of aliphatic hydroxyl groups excluding tert-OH is 1. The first-order valence-corrected chi connectivity index (χ1v) is 6.44. The van der Waals surface area contributed by atoms with Gasteiger partial charge in [-0.15, -0.1) is 0 Å². The highest BCUT2D eigenvalue weighted by Gasteiger charge is 2.31. The Bertz CT molecular complexity index is 499. The van der Waals surface area contributed by atoms with Crippen LogP contribution in [0.5, 0.6) is 0 Å². The number of benzene rings is 1. The topological polar surface area (TPSA) is 54.4 Å². The van der Waals surface area contributed by atoms with Crippen molar-refractivity contribution in [2.24, 2.45) is 0 Å². The van der Waals surface area contributed by atoms with E-state index in [0.717, 1.165) is 24.5 Å². The van der Waals surface area contributed by atoms with Gasteiger partial charge >= 0.3 is 0 Å². The van der Waals surface area contributed by atoms with Gasteiger partial charge in [0.1, 0.15) is 6.61 Å². The standard InChI is InChI=1S/C9H9ClF2O3S/c1-16(14,15)8-3-2-6(4-7(8)10)9(11,12)5-13/h2-4,13H,5H2,1H3. The van der Waals surface area contributed by atoms with Crippen molar-refractivity contribution in [2.75, 3.05) is 12.9 Å². The van der Waals surface area contributed by atoms with Crippen LogP contribution < -0.4 is 0 Å².